The molecule has 98 valence electrons. The van der Waals surface area contributed by atoms with Gasteiger partial charge < -0.3 is 10.1 Å². The van der Waals surface area contributed by atoms with Crippen LogP contribution in [0.4, 0.5) is 5.69 Å². The van der Waals surface area contributed by atoms with Crippen LogP contribution < -0.4 is 10.1 Å². The lowest BCUT2D eigenvalue weighted by atomic mass is 10.2. The largest absolute Gasteiger partial charge is 0.496 e. The second kappa shape index (κ2) is 5.35. The summed E-state index contributed by atoms with van der Waals surface area (Å²) in [5.74, 6) is 1.30. The van der Waals surface area contributed by atoms with Crippen LogP contribution in [-0.2, 0) is 6.54 Å². The number of hydrogen-bond donors (Lipinski definition) is 1. The Bertz CT molecular complexity index is 448. The molecule has 5 heteroatoms. The molecule has 1 aromatic rings. The molecule has 1 aromatic carbocycles. The van der Waals surface area contributed by atoms with E-state index in [0.717, 1.165) is 11.5 Å². The molecule has 0 heterocycles. The number of hydrogen-bond acceptors (Lipinski definition) is 4. The van der Waals surface area contributed by atoms with Crippen molar-refractivity contribution in [2.75, 3.05) is 7.11 Å². The summed E-state index contributed by atoms with van der Waals surface area (Å²) >= 11 is 0. The molecule has 2 unspecified atom stereocenters. The molecule has 2 atom stereocenters. The Morgan fingerprint density at radius 1 is 1.50 bits per heavy atom. The molecular formula is C13H18N2O3. The zero-order chi connectivity index (χ0) is 13.1. The Morgan fingerprint density at radius 3 is 2.83 bits per heavy atom. The van der Waals surface area contributed by atoms with Gasteiger partial charge in [-0.2, -0.15) is 0 Å². The van der Waals surface area contributed by atoms with Crippen molar-refractivity contribution in [1.82, 2.24) is 5.32 Å². The quantitative estimate of drug-likeness (QED) is 0.622. The summed E-state index contributed by atoms with van der Waals surface area (Å²) in [6.07, 6.45) is 2.40. The average Bonchev–Trinajstić information content (AvgIpc) is 3.14. The minimum atomic E-state index is -0.391. The van der Waals surface area contributed by atoms with Gasteiger partial charge in [-0.05, 0) is 24.0 Å². The van der Waals surface area contributed by atoms with Crippen LogP contribution in [-0.4, -0.2) is 18.1 Å². The molecular weight excluding hydrogens is 232 g/mol. The maximum atomic E-state index is 10.8. The number of rotatable bonds is 6. The minimum absolute atomic E-state index is 0.0778. The minimum Gasteiger partial charge on any atom is -0.496 e. The van der Waals surface area contributed by atoms with E-state index < -0.39 is 4.92 Å². The number of nitro groups is 1. The van der Waals surface area contributed by atoms with E-state index in [1.807, 2.05) is 6.07 Å². The van der Waals surface area contributed by atoms with Crippen LogP contribution in [0.15, 0.2) is 18.2 Å². The third kappa shape index (κ3) is 2.98. The molecule has 1 fully saturated rings. The van der Waals surface area contributed by atoms with Crippen LogP contribution in [0.1, 0.15) is 25.3 Å². The molecule has 1 aliphatic rings. The maximum absolute atomic E-state index is 10.8. The highest BCUT2D eigenvalue weighted by atomic mass is 16.6. The monoisotopic (exact) mass is 250 g/mol. The van der Waals surface area contributed by atoms with Crippen molar-refractivity contribution in [3.8, 4) is 5.75 Å². The summed E-state index contributed by atoms with van der Waals surface area (Å²) in [6, 6.07) is 5.44. The fraction of sp³-hybridized carbons (Fsp3) is 0.538. The predicted octanol–water partition coefficient (Wildman–Crippen LogP) is 2.49. The zero-order valence-electron chi connectivity index (χ0n) is 10.7. The second-order valence-corrected chi connectivity index (χ2v) is 4.69. The molecule has 1 saturated carbocycles. The van der Waals surface area contributed by atoms with Gasteiger partial charge in [-0.3, -0.25) is 10.1 Å². The molecule has 0 saturated heterocycles. The van der Waals surface area contributed by atoms with Gasteiger partial charge in [-0.25, -0.2) is 0 Å². The van der Waals surface area contributed by atoms with Gasteiger partial charge in [0.1, 0.15) is 5.75 Å². The first-order valence-corrected chi connectivity index (χ1v) is 6.19. The van der Waals surface area contributed by atoms with Gasteiger partial charge in [0, 0.05) is 18.7 Å². The standard InChI is InChI=1S/C13H18N2O3/c1-3-10-6-13(10)14-8-9-4-11(15(16)17)7-12(5-9)18-2/h4-5,7,10,13-14H,3,6,8H2,1-2H3. The fourth-order valence-corrected chi connectivity index (χ4v) is 2.17. The van der Waals surface area contributed by atoms with E-state index in [1.165, 1.54) is 26.0 Å². The molecule has 18 heavy (non-hydrogen) atoms. The van der Waals surface area contributed by atoms with Gasteiger partial charge in [0.25, 0.3) is 5.69 Å². The summed E-state index contributed by atoms with van der Waals surface area (Å²) in [7, 11) is 1.52. The van der Waals surface area contributed by atoms with E-state index in [9.17, 15) is 10.1 Å². The molecule has 2 rings (SSSR count). The van der Waals surface area contributed by atoms with E-state index in [2.05, 4.69) is 12.2 Å². The van der Waals surface area contributed by atoms with E-state index in [1.54, 1.807) is 6.07 Å². The summed E-state index contributed by atoms with van der Waals surface area (Å²) in [4.78, 5) is 10.4. The third-order valence-electron chi connectivity index (χ3n) is 3.41. The molecule has 0 bridgehead atoms. The van der Waals surface area contributed by atoms with Crippen molar-refractivity contribution in [1.29, 1.82) is 0 Å². The molecule has 1 aliphatic carbocycles. The molecule has 0 aromatic heterocycles. The van der Waals surface area contributed by atoms with Crippen molar-refractivity contribution in [2.45, 2.75) is 32.4 Å². The van der Waals surface area contributed by atoms with Crippen LogP contribution in [0.3, 0.4) is 0 Å². The smallest absolute Gasteiger partial charge is 0.273 e. The van der Waals surface area contributed by atoms with Gasteiger partial charge in [-0.1, -0.05) is 13.3 Å². The van der Waals surface area contributed by atoms with Gasteiger partial charge in [0.05, 0.1) is 18.1 Å². The van der Waals surface area contributed by atoms with E-state index in [0.29, 0.717) is 18.3 Å². The van der Waals surface area contributed by atoms with Crippen LogP contribution >= 0.6 is 0 Å². The third-order valence-corrected chi connectivity index (χ3v) is 3.41. The van der Waals surface area contributed by atoms with E-state index in [-0.39, 0.29) is 5.69 Å². The Labute approximate surface area is 106 Å². The number of methoxy groups -OCH3 is 1. The lowest BCUT2D eigenvalue weighted by Gasteiger charge is -2.06. The number of ether oxygens (including phenoxy) is 1. The maximum Gasteiger partial charge on any atom is 0.273 e. The first-order valence-electron chi connectivity index (χ1n) is 6.19. The van der Waals surface area contributed by atoms with Crippen LogP contribution in [0, 0.1) is 16.0 Å². The van der Waals surface area contributed by atoms with Crippen molar-refractivity contribution in [3.63, 3.8) is 0 Å². The van der Waals surface area contributed by atoms with Gasteiger partial charge in [0.2, 0.25) is 0 Å². The summed E-state index contributed by atoms with van der Waals surface area (Å²) in [5.41, 5.74) is 0.969. The Kier molecular flexibility index (Phi) is 3.81. The number of nitro benzene ring substituents is 1. The van der Waals surface area contributed by atoms with E-state index in [4.69, 9.17) is 4.74 Å². The summed E-state index contributed by atoms with van der Waals surface area (Å²) < 4.78 is 5.08. The molecule has 5 nitrogen and oxygen atoms in total. The normalized spacial score (nSPS) is 21.7. The Morgan fingerprint density at radius 2 is 2.28 bits per heavy atom. The Balaban J connectivity index is 2.02. The average molecular weight is 250 g/mol. The highest BCUT2D eigenvalue weighted by molar-refractivity contribution is 5.42. The lowest BCUT2D eigenvalue weighted by molar-refractivity contribution is -0.385. The second-order valence-electron chi connectivity index (χ2n) is 4.69. The van der Waals surface area contributed by atoms with Crippen LogP contribution in [0.2, 0.25) is 0 Å². The SMILES string of the molecule is CCC1CC1NCc1cc(OC)cc([N+](=O)[O-])c1. The number of nitrogens with zero attached hydrogens (tertiary/aromatic N) is 1. The molecule has 0 amide bonds. The van der Waals surface area contributed by atoms with Crippen LogP contribution in [0.25, 0.3) is 0 Å². The topological polar surface area (TPSA) is 64.4 Å². The van der Waals surface area contributed by atoms with Crippen LogP contribution in [0.5, 0.6) is 5.75 Å². The first-order chi connectivity index (χ1) is 8.63. The lowest BCUT2D eigenvalue weighted by Crippen LogP contribution is -2.17. The van der Waals surface area contributed by atoms with Crippen molar-refractivity contribution < 1.29 is 9.66 Å². The summed E-state index contributed by atoms with van der Waals surface area (Å²) in [5, 5.41) is 14.2. The molecule has 0 spiro atoms. The van der Waals surface area contributed by atoms with Crippen molar-refractivity contribution in [3.05, 3.63) is 33.9 Å². The predicted molar refractivity (Wildman–Crippen MR) is 68.7 cm³/mol. The van der Waals surface area contributed by atoms with Gasteiger partial charge in [0.15, 0.2) is 0 Å². The number of non-ortho nitro benzene ring substituents is 1. The van der Waals surface area contributed by atoms with E-state index >= 15 is 0 Å². The molecule has 1 N–H and O–H groups in total. The number of benzene rings is 1. The first kappa shape index (κ1) is 12.8. The zero-order valence-corrected chi connectivity index (χ0v) is 10.7. The highest BCUT2D eigenvalue weighted by Crippen LogP contribution is 2.33. The van der Waals surface area contributed by atoms with Gasteiger partial charge in [-0.15, -0.1) is 0 Å². The Hall–Kier alpha value is -1.62. The van der Waals surface area contributed by atoms with Crippen molar-refractivity contribution in [2.24, 2.45) is 5.92 Å². The number of nitrogens with one attached hydrogen (secondary N) is 1. The summed E-state index contributed by atoms with van der Waals surface area (Å²) in [6.45, 7) is 2.84. The molecule has 0 radical (unpaired) electrons. The highest BCUT2D eigenvalue weighted by Gasteiger charge is 2.34. The molecule has 0 aliphatic heterocycles. The fourth-order valence-electron chi connectivity index (χ4n) is 2.17. The van der Waals surface area contributed by atoms with Crippen molar-refractivity contribution >= 4 is 5.69 Å². The van der Waals surface area contributed by atoms with Gasteiger partial charge >= 0.3 is 0 Å².